The molecule has 0 fully saturated rings. The molecule has 0 aromatic carbocycles. The lowest BCUT2D eigenvalue weighted by Gasteiger charge is -2.28. The van der Waals surface area contributed by atoms with E-state index in [0.29, 0.717) is 6.42 Å². The Morgan fingerprint density at radius 1 is 0.806 bits per heavy atom. The van der Waals surface area contributed by atoms with Crippen LogP contribution in [0.1, 0.15) is 40.5 Å². The van der Waals surface area contributed by atoms with Crippen molar-refractivity contribution in [2.45, 2.75) is 76.9 Å². The number of aliphatic carboxylic acids is 2. The van der Waals surface area contributed by atoms with E-state index in [1.165, 1.54) is 13.8 Å². The first-order valence-corrected chi connectivity index (χ1v) is 9.70. The van der Waals surface area contributed by atoms with Crippen LogP contribution in [0.3, 0.4) is 0 Å². The minimum absolute atomic E-state index is 0.383. The van der Waals surface area contributed by atoms with E-state index in [4.69, 9.17) is 15.9 Å². The van der Waals surface area contributed by atoms with E-state index in [1.54, 1.807) is 13.8 Å². The standard InChI is InChI=1S/C18H32N4O9/c1-5-7(2)13(17(29)22-14(9(4)24)18(30)31)21-15(27)10(6-11(25)26)20-16(28)12(19)8(3)23/h7-10,12-14,23-24H,5-6,19H2,1-4H3,(H,20,28)(H,21,27)(H,22,29)(H,25,26)(H,30,31). The largest absolute Gasteiger partial charge is 0.481 e. The minimum atomic E-state index is -1.63. The summed E-state index contributed by atoms with van der Waals surface area (Å²) in [5, 5.41) is 43.7. The third kappa shape index (κ3) is 9.27. The quantitative estimate of drug-likeness (QED) is 0.144. The highest BCUT2D eigenvalue weighted by Gasteiger charge is 2.34. The molecular weight excluding hydrogens is 416 g/mol. The Labute approximate surface area is 179 Å². The summed E-state index contributed by atoms with van der Waals surface area (Å²) >= 11 is 0. The van der Waals surface area contributed by atoms with Gasteiger partial charge in [0.15, 0.2) is 6.04 Å². The Balaban J connectivity index is 5.59. The van der Waals surface area contributed by atoms with Crippen molar-refractivity contribution < 1.29 is 44.4 Å². The zero-order chi connectivity index (χ0) is 24.5. The van der Waals surface area contributed by atoms with Gasteiger partial charge >= 0.3 is 11.9 Å². The van der Waals surface area contributed by atoms with Gasteiger partial charge in [0, 0.05) is 0 Å². The average molecular weight is 448 g/mol. The summed E-state index contributed by atoms with van der Waals surface area (Å²) in [4.78, 5) is 59.7. The van der Waals surface area contributed by atoms with Crippen LogP contribution in [0.2, 0.25) is 0 Å². The van der Waals surface area contributed by atoms with Gasteiger partial charge in [-0.15, -0.1) is 0 Å². The van der Waals surface area contributed by atoms with E-state index in [1.807, 2.05) is 0 Å². The summed E-state index contributed by atoms with van der Waals surface area (Å²) < 4.78 is 0. The number of rotatable bonds is 13. The van der Waals surface area contributed by atoms with Gasteiger partial charge in [-0.05, 0) is 19.8 Å². The number of nitrogens with two attached hydrogens (primary N) is 1. The third-order valence-corrected chi connectivity index (χ3v) is 4.67. The maximum Gasteiger partial charge on any atom is 0.328 e. The average Bonchev–Trinajstić information content (AvgIpc) is 2.66. The zero-order valence-corrected chi connectivity index (χ0v) is 17.9. The monoisotopic (exact) mass is 448 g/mol. The molecule has 0 radical (unpaired) electrons. The van der Waals surface area contributed by atoms with E-state index in [9.17, 15) is 34.2 Å². The fourth-order valence-electron chi connectivity index (χ4n) is 2.46. The number of nitrogens with one attached hydrogen (secondary N) is 3. The number of carbonyl (C=O) groups excluding carboxylic acids is 3. The van der Waals surface area contributed by atoms with Crippen molar-refractivity contribution in [3.8, 4) is 0 Å². The second-order valence-corrected chi connectivity index (χ2v) is 7.36. The van der Waals surface area contributed by atoms with E-state index < -0.39 is 78.4 Å². The Kier molecular flexibility index (Phi) is 11.7. The number of hydrogen-bond donors (Lipinski definition) is 8. The third-order valence-electron chi connectivity index (χ3n) is 4.67. The van der Waals surface area contributed by atoms with Gasteiger partial charge in [0.25, 0.3) is 0 Å². The summed E-state index contributed by atoms with van der Waals surface area (Å²) in [6.45, 7) is 5.70. The number of hydrogen-bond acceptors (Lipinski definition) is 8. The van der Waals surface area contributed by atoms with Crippen molar-refractivity contribution in [2.24, 2.45) is 11.7 Å². The predicted molar refractivity (Wildman–Crippen MR) is 106 cm³/mol. The maximum absolute atomic E-state index is 12.7. The summed E-state index contributed by atoms with van der Waals surface area (Å²) in [6.07, 6.45) is -3.13. The van der Waals surface area contributed by atoms with Gasteiger partial charge in [0.2, 0.25) is 17.7 Å². The Bertz CT molecular complexity index is 668. The maximum atomic E-state index is 12.7. The molecule has 9 N–H and O–H groups in total. The van der Waals surface area contributed by atoms with Crippen molar-refractivity contribution in [1.29, 1.82) is 0 Å². The van der Waals surface area contributed by atoms with Crippen LogP contribution in [-0.4, -0.2) is 86.5 Å². The molecule has 0 rings (SSSR count). The summed E-state index contributed by atoms with van der Waals surface area (Å²) in [6, 6.07) is -5.94. The van der Waals surface area contributed by atoms with Crippen LogP contribution in [0, 0.1) is 5.92 Å². The molecule has 0 aromatic rings. The topological polar surface area (TPSA) is 228 Å². The molecule has 178 valence electrons. The highest BCUT2D eigenvalue weighted by Crippen LogP contribution is 2.10. The van der Waals surface area contributed by atoms with Crippen LogP contribution < -0.4 is 21.7 Å². The van der Waals surface area contributed by atoms with Gasteiger partial charge in [-0.25, -0.2) is 4.79 Å². The van der Waals surface area contributed by atoms with Gasteiger partial charge in [-0.3, -0.25) is 19.2 Å². The Morgan fingerprint density at radius 2 is 1.32 bits per heavy atom. The van der Waals surface area contributed by atoms with E-state index in [2.05, 4.69) is 16.0 Å². The molecule has 7 unspecified atom stereocenters. The number of amides is 3. The Hall–Kier alpha value is -2.77. The van der Waals surface area contributed by atoms with Crippen LogP contribution in [0.4, 0.5) is 0 Å². The normalized spacial score (nSPS) is 17.8. The molecule has 13 nitrogen and oxygen atoms in total. The number of aliphatic hydroxyl groups excluding tert-OH is 2. The van der Waals surface area contributed by atoms with Gasteiger partial charge in [0.1, 0.15) is 18.1 Å². The van der Waals surface area contributed by atoms with Crippen LogP contribution in [0.25, 0.3) is 0 Å². The Morgan fingerprint density at radius 3 is 1.71 bits per heavy atom. The van der Waals surface area contributed by atoms with Crippen molar-refractivity contribution >= 4 is 29.7 Å². The van der Waals surface area contributed by atoms with Crippen LogP contribution >= 0.6 is 0 Å². The zero-order valence-electron chi connectivity index (χ0n) is 17.9. The first kappa shape index (κ1) is 28.2. The summed E-state index contributed by atoms with van der Waals surface area (Å²) in [5.41, 5.74) is 5.49. The van der Waals surface area contributed by atoms with Gasteiger partial charge in [-0.2, -0.15) is 0 Å². The van der Waals surface area contributed by atoms with Gasteiger partial charge in [-0.1, -0.05) is 20.3 Å². The highest BCUT2D eigenvalue weighted by atomic mass is 16.4. The molecule has 0 bridgehead atoms. The predicted octanol–water partition coefficient (Wildman–Crippen LogP) is -2.86. The molecule has 3 amide bonds. The molecule has 0 saturated carbocycles. The molecule has 0 aliphatic heterocycles. The molecule has 0 aromatic heterocycles. The molecular formula is C18H32N4O9. The molecule has 13 heteroatoms. The van der Waals surface area contributed by atoms with Crippen molar-refractivity contribution in [3.63, 3.8) is 0 Å². The van der Waals surface area contributed by atoms with Gasteiger partial charge < -0.3 is 42.1 Å². The SMILES string of the molecule is CCC(C)C(NC(=O)C(CC(=O)O)NC(=O)C(N)C(C)O)C(=O)NC(C(=O)O)C(C)O. The lowest BCUT2D eigenvalue weighted by molar-refractivity contribution is -0.146. The molecule has 0 saturated heterocycles. The number of carboxylic acid groups (broad SMARTS) is 2. The van der Waals surface area contributed by atoms with Crippen molar-refractivity contribution in [1.82, 2.24) is 16.0 Å². The first-order valence-electron chi connectivity index (χ1n) is 9.70. The van der Waals surface area contributed by atoms with E-state index in [0.717, 1.165) is 0 Å². The first-order chi connectivity index (χ1) is 14.2. The molecule has 7 atom stereocenters. The van der Waals surface area contributed by atoms with Crippen LogP contribution in [0.15, 0.2) is 0 Å². The molecule has 0 heterocycles. The molecule has 0 aliphatic carbocycles. The number of carboxylic acids is 2. The summed E-state index contributed by atoms with van der Waals surface area (Å²) in [7, 11) is 0. The number of aliphatic hydroxyl groups is 2. The number of carbonyl (C=O) groups is 5. The van der Waals surface area contributed by atoms with Crippen molar-refractivity contribution in [2.75, 3.05) is 0 Å². The second-order valence-electron chi connectivity index (χ2n) is 7.36. The lowest BCUT2D eigenvalue weighted by Crippen LogP contribution is -2.60. The highest BCUT2D eigenvalue weighted by molar-refractivity contribution is 5.95. The lowest BCUT2D eigenvalue weighted by atomic mass is 9.97. The fourth-order valence-corrected chi connectivity index (χ4v) is 2.46. The smallest absolute Gasteiger partial charge is 0.328 e. The minimum Gasteiger partial charge on any atom is -0.481 e. The fraction of sp³-hybridized carbons (Fsp3) is 0.722. The molecule has 31 heavy (non-hydrogen) atoms. The summed E-state index contributed by atoms with van der Waals surface area (Å²) in [5.74, 6) is -6.30. The van der Waals surface area contributed by atoms with Crippen LogP contribution in [-0.2, 0) is 24.0 Å². The van der Waals surface area contributed by atoms with E-state index in [-0.39, 0.29) is 0 Å². The van der Waals surface area contributed by atoms with Gasteiger partial charge in [0.05, 0.1) is 18.6 Å². The van der Waals surface area contributed by atoms with Crippen molar-refractivity contribution in [3.05, 3.63) is 0 Å². The molecule has 0 aliphatic rings. The van der Waals surface area contributed by atoms with E-state index >= 15 is 0 Å². The second kappa shape index (κ2) is 12.8. The molecule has 0 spiro atoms. The van der Waals surface area contributed by atoms with Crippen LogP contribution in [0.5, 0.6) is 0 Å².